The highest BCUT2D eigenvalue weighted by Gasteiger charge is 2.19. The molecule has 10 aromatic rings. The van der Waals surface area contributed by atoms with Gasteiger partial charge in [-0.15, -0.1) is 11.3 Å². The van der Waals surface area contributed by atoms with E-state index in [0.717, 1.165) is 50.3 Å². The molecular formula is C53H36N4S. The summed E-state index contributed by atoms with van der Waals surface area (Å²) in [5, 5.41) is 11.2. The topological polar surface area (TPSA) is 50.7 Å². The largest absolute Gasteiger partial charge is 0.355 e. The third-order valence-electron chi connectivity index (χ3n) is 10.6. The molecule has 0 saturated heterocycles. The number of anilines is 1. The number of nitrogens with zero attached hydrogens (tertiary/aromatic N) is 3. The molecule has 10 rings (SSSR count). The van der Waals surface area contributed by atoms with Gasteiger partial charge in [-0.25, -0.2) is 15.0 Å². The number of aromatic nitrogens is 3. The molecule has 5 heteroatoms. The van der Waals surface area contributed by atoms with Gasteiger partial charge in [-0.3, -0.25) is 0 Å². The maximum absolute atomic E-state index is 5.14. The molecule has 0 spiro atoms. The Hall–Kier alpha value is -7.47. The summed E-state index contributed by atoms with van der Waals surface area (Å²) >= 11 is 1.84. The first-order valence-electron chi connectivity index (χ1n) is 19.2. The molecule has 8 aromatic carbocycles. The van der Waals surface area contributed by atoms with Gasteiger partial charge < -0.3 is 5.32 Å². The number of fused-ring (bicyclic) bond motifs is 7. The molecule has 0 amide bonds. The van der Waals surface area contributed by atoms with Crippen LogP contribution in [0, 0.1) is 0 Å². The van der Waals surface area contributed by atoms with E-state index >= 15 is 0 Å². The lowest BCUT2D eigenvalue weighted by molar-refractivity contribution is 1.07. The zero-order chi connectivity index (χ0) is 39.0. The highest BCUT2D eigenvalue weighted by Crippen LogP contribution is 2.46. The minimum Gasteiger partial charge on any atom is -0.355 e. The van der Waals surface area contributed by atoms with Gasteiger partial charge in [-0.05, 0) is 56.9 Å². The van der Waals surface area contributed by atoms with Gasteiger partial charge >= 0.3 is 0 Å². The third kappa shape index (κ3) is 6.43. The molecule has 0 aliphatic carbocycles. The molecule has 0 atom stereocenters. The molecule has 0 unspecified atom stereocenters. The van der Waals surface area contributed by atoms with Gasteiger partial charge in [0.05, 0.1) is 0 Å². The van der Waals surface area contributed by atoms with Crippen LogP contribution in [0.25, 0.3) is 98.1 Å². The summed E-state index contributed by atoms with van der Waals surface area (Å²) in [4.78, 5) is 15.3. The van der Waals surface area contributed by atoms with Crippen molar-refractivity contribution >= 4 is 58.7 Å². The molecule has 274 valence electrons. The second kappa shape index (κ2) is 14.9. The molecule has 58 heavy (non-hydrogen) atoms. The summed E-state index contributed by atoms with van der Waals surface area (Å²) in [5.41, 5.74) is 8.74. The van der Waals surface area contributed by atoms with E-state index in [1.807, 2.05) is 59.9 Å². The zero-order valence-electron chi connectivity index (χ0n) is 31.6. The van der Waals surface area contributed by atoms with Crippen molar-refractivity contribution in [3.8, 4) is 56.4 Å². The predicted octanol–water partition coefficient (Wildman–Crippen LogP) is 14.5. The van der Waals surface area contributed by atoms with Gasteiger partial charge in [0.1, 0.15) is 0 Å². The van der Waals surface area contributed by atoms with Gasteiger partial charge in [0.2, 0.25) is 0 Å². The number of allylic oxidation sites excluding steroid dienone is 3. The van der Waals surface area contributed by atoms with Gasteiger partial charge in [0.25, 0.3) is 0 Å². The number of benzene rings is 8. The van der Waals surface area contributed by atoms with Crippen LogP contribution in [-0.4, -0.2) is 15.0 Å². The Morgan fingerprint density at radius 3 is 1.91 bits per heavy atom. The number of hydrogen-bond acceptors (Lipinski definition) is 5. The van der Waals surface area contributed by atoms with E-state index in [4.69, 9.17) is 15.0 Å². The molecule has 4 nitrogen and oxygen atoms in total. The summed E-state index contributed by atoms with van der Waals surface area (Å²) < 4.78 is 2.49. The molecular weight excluding hydrogens is 725 g/mol. The lowest BCUT2D eigenvalue weighted by atomic mass is 9.95. The Balaban J connectivity index is 1.16. The third-order valence-corrected chi connectivity index (χ3v) is 11.8. The second-order valence-electron chi connectivity index (χ2n) is 14.2. The highest BCUT2D eigenvalue weighted by molar-refractivity contribution is 7.26. The van der Waals surface area contributed by atoms with Crippen LogP contribution in [-0.2, 0) is 0 Å². The number of rotatable bonds is 9. The molecule has 2 heterocycles. The van der Waals surface area contributed by atoms with Gasteiger partial charge in [-0.1, -0.05) is 177 Å². The van der Waals surface area contributed by atoms with E-state index in [9.17, 15) is 0 Å². The molecule has 2 aromatic heterocycles. The lowest BCUT2D eigenvalue weighted by Gasteiger charge is -2.16. The van der Waals surface area contributed by atoms with Crippen LogP contribution in [0.1, 0.15) is 0 Å². The van der Waals surface area contributed by atoms with E-state index in [1.54, 1.807) is 6.08 Å². The Labute approximate surface area is 340 Å². The molecule has 1 N–H and O–H groups in total. The molecule has 0 radical (unpaired) electrons. The van der Waals surface area contributed by atoms with Crippen molar-refractivity contribution in [3.05, 3.63) is 207 Å². The van der Waals surface area contributed by atoms with Crippen LogP contribution in [0.15, 0.2) is 207 Å². The average molecular weight is 761 g/mol. The fourth-order valence-electron chi connectivity index (χ4n) is 7.84. The first-order chi connectivity index (χ1) is 28.6. The first-order valence-corrected chi connectivity index (χ1v) is 20.1. The summed E-state index contributed by atoms with van der Waals surface area (Å²) in [5.74, 6) is 1.79. The van der Waals surface area contributed by atoms with Crippen molar-refractivity contribution in [3.63, 3.8) is 0 Å². The average Bonchev–Trinajstić information content (AvgIpc) is 3.68. The number of nitrogens with one attached hydrogen (secondary N) is 1. The Bertz CT molecular complexity index is 3240. The van der Waals surface area contributed by atoms with Gasteiger partial charge in [0, 0.05) is 59.4 Å². The Kier molecular flexibility index (Phi) is 8.98. The predicted molar refractivity (Wildman–Crippen MR) is 247 cm³/mol. The van der Waals surface area contributed by atoms with Crippen LogP contribution in [0.5, 0.6) is 0 Å². The second-order valence-corrected chi connectivity index (χ2v) is 15.3. The quantitative estimate of drug-likeness (QED) is 0.118. The van der Waals surface area contributed by atoms with Crippen molar-refractivity contribution in [2.75, 3.05) is 5.32 Å². The molecule has 0 aliphatic heterocycles. The Morgan fingerprint density at radius 1 is 0.500 bits per heavy atom. The van der Waals surface area contributed by atoms with Gasteiger partial charge in [-0.2, -0.15) is 0 Å². The summed E-state index contributed by atoms with van der Waals surface area (Å²) in [6.45, 7) is 8.21. The van der Waals surface area contributed by atoms with E-state index in [2.05, 4.69) is 152 Å². The highest BCUT2D eigenvalue weighted by atomic mass is 32.1. The maximum atomic E-state index is 5.14. The van der Waals surface area contributed by atoms with E-state index in [1.165, 1.54) is 41.7 Å². The molecule has 0 saturated carbocycles. The van der Waals surface area contributed by atoms with Crippen molar-refractivity contribution in [2.45, 2.75) is 0 Å². The first kappa shape index (κ1) is 35.0. The molecule has 0 fully saturated rings. The fourth-order valence-corrected chi connectivity index (χ4v) is 9.07. The number of thiophene rings is 1. The smallest absolute Gasteiger partial charge is 0.164 e. The van der Waals surface area contributed by atoms with E-state index < -0.39 is 0 Å². The normalized spacial score (nSPS) is 11.5. The van der Waals surface area contributed by atoms with Crippen LogP contribution >= 0.6 is 11.3 Å². The summed E-state index contributed by atoms with van der Waals surface area (Å²) in [6, 6.07) is 59.6. The summed E-state index contributed by atoms with van der Waals surface area (Å²) in [6.07, 6.45) is 5.56. The van der Waals surface area contributed by atoms with Crippen LogP contribution < -0.4 is 5.32 Å². The van der Waals surface area contributed by atoms with E-state index in [-0.39, 0.29) is 0 Å². The lowest BCUT2D eigenvalue weighted by Crippen LogP contribution is -2.02. The van der Waals surface area contributed by atoms with Crippen LogP contribution in [0.3, 0.4) is 0 Å². The summed E-state index contributed by atoms with van der Waals surface area (Å²) in [7, 11) is 0. The minimum atomic E-state index is 0.578. The SMILES string of the molecule is C=C/C=C\C(=C)Nc1cc(-c2nc(-c3ccccc3)nc(-c3cccc(-c4ccccc4)c3)n2)ccc1-c1cccc2c1sc1ccc3ccc4ccccc4c3c12. The van der Waals surface area contributed by atoms with Gasteiger partial charge in [0.15, 0.2) is 17.5 Å². The molecule has 0 bridgehead atoms. The fraction of sp³-hybridized carbons (Fsp3) is 0. The Morgan fingerprint density at radius 2 is 1.12 bits per heavy atom. The maximum Gasteiger partial charge on any atom is 0.164 e. The number of hydrogen-bond donors (Lipinski definition) is 1. The van der Waals surface area contributed by atoms with E-state index in [0.29, 0.717) is 17.5 Å². The van der Waals surface area contributed by atoms with Crippen molar-refractivity contribution < 1.29 is 0 Å². The van der Waals surface area contributed by atoms with Crippen LogP contribution in [0.4, 0.5) is 5.69 Å². The standard InChI is InChI=1S/C53H36N4S/c1-3-4-15-34(2)54-46-33-41(53-56-51(38-19-9-6-10-20-38)55-52(57-53)40-22-13-21-39(32-40)35-16-7-5-8-17-35)28-30-43(46)44-24-14-25-45-49-47(58-50(44)45)31-29-37-27-26-36-18-11-12-23-42(36)48(37)49/h3-33,54H,1-2H2/b15-4-. The van der Waals surface area contributed by atoms with Crippen LogP contribution in [0.2, 0.25) is 0 Å². The van der Waals surface area contributed by atoms with Crippen molar-refractivity contribution in [1.29, 1.82) is 0 Å². The monoisotopic (exact) mass is 760 g/mol. The van der Waals surface area contributed by atoms with Crippen molar-refractivity contribution in [1.82, 2.24) is 15.0 Å². The molecule has 0 aliphatic rings. The minimum absolute atomic E-state index is 0.578. The van der Waals surface area contributed by atoms with Crippen molar-refractivity contribution in [2.24, 2.45) is 0 Å². The zero-order valence-corrected chi connectivity index (χ0v) is 32.4.